The normalized spacial score (nSPS) is 14.2. The van der Waals surface area contributed by atoms with Crippen molar-refractivity contribution in [3.63, 3.8) is 0 Å². The minimum Gasteiger partial charge on any atom is -0.482 e. The van der Waals surface area contributed by atoms with Crippen LogP contribution in [0.2, 0.25) is 0 Å². The molecule has 0 unspecified atom stereocenters. The van der Waals surface area contributed by atoms with E-state index in [4.69, 9.17) is 11.2 Å². The molecule has 0 aliphatic heterocycles. The fourth-order valence-electron chi connectivity index (χ4n) is 3.70. The van der Waals surface area contributed by atoms with Gasteiger partial charge in [-0.05, 0) is 41.2 Å². The molecule has 1 aliphatic carbocycles. The third-order valence-corrected chi connectivity index (χ3v) is 5.01. The quantitative estimate of drug-likeness (QED) is 0.340. The molecular weight excluding hydrogens is 316 g/mol. The van der Waals surface area contributed by atoms with E-state index in [1.807, 2.05) is 18.2 Å². The minimum absolute atomic E-state index is 0.0563. The summed E-state index contributed by atoms with van der Waals surface area (Å²) >= 11 is 0. The Morgan fingerprint density at radius 2 is 1.69 bits per heavy atom. The van der Waals surface area contributed by atoms with E-state index in [-0.39, 0.29) is 12.0 Å². The maximum absolute atomic E-state index is 5.22. The summed E-state index contributed by atoms with van der Waals surface area (Å²) in [4.78, 5) is 0. The third kappa shape index (κ3) is 3.51. The fraction of sp³-hybridized carbons (Fsp3) is 0.200. The Morgan fingerprint density at radius 3 is 2.31 bits per heavy atom. The number of fused-ring (bicyclic) bond motifs is 3. The Kier molecular flexibility index (Phi) is 5.44. The Labute approximate surface area is 156 Å². The standard InChI is InChI=1S/C25H24O/c1-4-19-26-20(2)13-7-5-6-12-18-25(3)23-16-10-8-14-21(23)22-15-9-11-17-24(22)25/h1,5-11,13-17H,2,12,18-19H2,3H3/b6-5-,13-7-. The number of rotatable bonds is 7. The van der Waals surface area contributed by atoms with Gasteiger partial charge in [-0.3, -0.25) is 0 Å². The van der Waals surface area contributed by atoms with Gasteiger partial charge in [0.1, 0.15) is 12.4 Å². The highest BCUT2D eigenvalue weighted by atomic mass is 16.5. The van der Waals surface area contributed by atoms with E-state index in [9.17, 15) is 0 Å². The Hall–Kier alpha value is -2.98. The number of hydrogen-bond donors (Lipinski definition) is 0. The monoisotopic (exact) mass is 340 g/mol. The highest BCUT2D eigenvalue weighted by molar-refractivity contribution is 5.80. The summed E-state index contributed by atoms with van der Waals surface area (Å²) in [5.74, 6) is 3.01. The predicted molar refractivity (Wildman–Crippen MR) is 110 cm³/mol. The first-order valence-corrected chi connectivity index (χ1v) is 8.94. The fourth-order valence-corrected chi connectivity index (χ4v) is 3.70. The molecule has 3 rings (SSSR count). The van der Waals surface area contributed by atoms with Crippen molar-refractivity contribution in [1.82, 2.24) is 0 Å². The lowest BCUT2D eigenvalue weighted by molar-refractivity contribution is 0.269. The van der Waals surface area contributed by atoms with E-state index in [0.717, 1.165) is 12.8 Å². The summed E-state index contributed by atoms with van der Waals surface area (Å²) in [5, 5.41) is 0. The van der Waals surface area contributed by atoms with Crippen LogP contribution in [0.25, 0.3) is 11.1 Å². The Morgan fingerprint density at radius 1 is 1.08 bits per heavy atom. The molecular formula is C25H24O. The number of benzene rings is 2. The first-order valence-electron chi connectivity index (χ1n) is 8.94. The maximum atomic E-state index is 5.22. The van der Waals surface area contributed by atoms with Gasteiger partial charge in [-0.15, -0.1) is 6.42 Å². The van der Waals surface area contributed by atoms with Crippen molar-refractivity contribution >= 4 is 0 Å². The van der Waals surface area contributed by atoms with Crippen LogP contribution in [0.1, 0.15) is 30.9 Å². The number of allylic oxidation sites excluding steroid dienone is 4. The van der Waals surface area contributed by atoms with Crippen molar-refractivity contribution in [2.75, 3.05) is 6.61 Å². The Bertz CT molecular complexity index is 847. The van der Waals surface area contributed by atoms with Crippen molar-refractivity contribution in [2.24, 2.45) is 0 Å². The topological polar surface area (TPSA) is 9.23 Å². The zero-order valence-corrected chi connectivity index (χ0v) is 15.2. The first kappa shape index (κ1) is 17.8. The average molecular weight is 340 g/mol. The van der Waals surface area contributed by atoms with Crippen LogP contribution < -0.4 is 0 Å². The number of hydrogen-bond acceptors (Lipinski definition) is 1. The zero-order chi connectivity index (χ0) is 18.4. The van der Waals surface area contributed by atoms with Crippen LogP contribution in [0.4, 0.5) is 0 Å². The van der Waals surface area contributed by atoms with Gasteiger partial charge >= 0.3 is 0 Å². The summed E-state index contributed by atoms with van der Waals surface area (Å²) in [5.41, 5.74) is 5.66. The first-order chi connectivity index (χ1) is 12.7. The van der Waals surface area contributed by atoms with E-state index in [2.05, 4.69) is 74.0 Å². The molecule has 0 radical (unpaired) electrons. The van der Waals surface area contributed by atoms with Crippen LogP contribution in [0.15, 0.2) is 85.2 Å². The molecule has 0 atom stereocenters. The second-order valence-corrected chi connectivity index (χ2v) is 6.71. The molecule has 1 nitrogen and oxygen atoms in total. The van der Waals surface area contributed by atoms with Crippen molar-refractivity contribution in [1.29, 1.82) is 0 Å². The van der Waals surface area contributed by atoms with Gasteiger partial charge in [-0.25, -0.2) is 0 Å². The van der Waals surface area contributed by atoms with E-state index < -0.39 is 0 Å². The van der Waals surface area contributed by atoms with Crippen LogP contribution in [-0.4, -0.2) is 6.61 Å². The van der Waals surface area contributed by atoms with Gasteiger partial charge in [0.05, 0.1) is 0 Å². The van der Waals surface area contributed by atoms with Crippen molar-refractivity contribution in [3.05, 3.63) is 96.3 Å². The van der Waals surface area contributed by atoms with Crippen molar-refractivity contribution < 1.29 is 4.74 Å². The molecule has 1 heteroatoms. The van der Waals surface area contributed by atoms with Gasteiger partial charge in [0, 0.05) is 5.41 Å². The molecule has 2 aromatic rings. The molecule has 2 aromatic carbocycles. The van der Waals surface area contributed by atoms with Gasteiger partial charge in [0.2, 0.25) is 0 Å². The summed E-state index contributed by atoms with van der Waals surface area (Å²) in [6.45, 7) is 6.41. The van der Waals surface area contributed by atoms with Gasteiger partial charge in [-0.1, -0.05) is 86.2 Å². The molecule has 0 amide bonds. The molecule has 1 aliphatic rings. The van der Waals surface area contributed by atoms with Crippen molar-refractivity contribution in [2.45, 2.75) is 25.2 Å². The van der Waals surface area contributed by atoms with E-state index in [1.54, 1.807) is 0 Å². The summed E-state index contributed by atoms with van der Waals surface area (Å²) in [7, 11) is 0. The lowest BCUT2D eigenvalue weighted by Crippen LogP contribution is -2.20. The third-order valence-electron chi connectivity index (χ3n) is 5.01. The van der Waals surface area contributed by atoms with Gasteiger partial charge in [-0.2, -0.15) is 0 Å². The smallest absolute Gasteiger partial charge is 0.148 e. The predicted octanol–water partition coefficient (Wildman–Crippen LogP) is 6.03. The molecule has 0 saturated heterocycles. The van der Waals surface area contributed by atoms with Crippen LogP contribution in [-0.2, 0) is 10.2 Å². The summed E-state index contributed by atoms with van der Waals surface area (Å²) < 4.78 is 5.22. The largest absolute Gasteiger partial charge is 0.482 e. The second-order valence-electron chi connectivity index (χ2n) is 6.71. The van der Waals surface area contributed by atoms with Crippen LogP contribution in [0.3, 0.4) is 0 Å². The van der Waals surface area contributed by atoms with Crippen molar-refractivity contribution in [3.8, 4) is 23.5 Å². The van der Waals surface area contributed by atoms with Gasteiger partial charge in [0.25, 0.3) is 0 Å². The van der Waals surface area contributed by atoms with E-state index >= 15 is 0 Å². The lowest BCUT2D eigenvalue weighted by atomic mass is 9.76. The number of ether oxygens (including phenoxy) is 1. The minimum atomic E-state index is 0.0563. The van der Waals surface area contributed by atoms with E-state index in [0.29, 0.717) is 5.76 Å². The summed E-state index contributed by atoms with van der Waals surface area (Å²) in [6, 6.07) is 17.5. The van der Waals surface area contributed by atoms with E-state index in [1.165, 1.54) is 22.3 Å². The molecule has 130 valence electrons. The molecule has 0 fully saturated rings. The lowest BCUT2D eigenvalue weighted by Gasteiger charge is -2.27. The molecule has 0 N–H and O–H groups in total. The van der Waals surface area contributed by atoms with Crippen LogP contribution in [0.5, 0.6) is 0 Å². The summed E-state index contributed by atoms with van der Waals surface area (Å²) in [6.07, 6.45) is 15.2. The zero-order valence-electron chi connectivity index (χ0n) is 15.2. The van der Waals surface area contributed by atoms with Crippen LogP contribution >= 0.6 is 0 Å². The molecule has 0 heterocycles. The molecule has 0 bridgehead atoms. The SMILES string of the molecule is C#CCOC(=C)/C=C\C=C/CCC1(C)c2ccccc2-c2ccccc21. The molecule has 0 aromatic heterocycles. The second kappa shape index (κ2) is 7.93. The highest BCUT2D eigenvalue weighted by Gasteiger charge is 2.37. The molecule has 0 saturated carbocycles. The van der Waals surface area contributed by atoms with Gasteiger partial charge < -0.3 is 4.74 Å². The molecule has 0 spiro atoms. The highest BCUT2D eigenvalue weighted by Crippen LogP contribution is 2.50. The number of terminal acetylenes is 1. The maximum Gasteiger partial charge on any atom is 0.148 e. The Balaban J connectivity index is 1.68. The average Bonchev–Trinajstić information content (AvgIpc) is 2.93. The molecule has 26 heavy (non-hydrogen) atoms. The van der Waals surface area contributed by atoms with Crippen LogP contribution in [0, 0.1) is 12.3 Å². The van der Waals surface area contributed by atoms with Gasteiger partial charge in [0.15, 0.2) is 0 Å².